The summed E-state index contributed by atoms with van der Waals surface area (Å²) in [5.41, 5.74) is 2.42. The van der Waals surface area contributed by atoms with Gasteiger partial charge in [0.1, 0.15) is 0 Å². The highest BCUT2D eigenvalue weighted by Crippen LogP contribution is 2.19. The van der Waals surface area contributed by atoms with Gasteiger partial charge in [0.25, 0.3) is 0 Å². The van der Waals surface area contributed by atoms with Crippen LogP contribution >= 0.6 is 0 Å². The van der Waals surface area contributed by atoms with Crippen LogP contribution in [0.5, 0.6) is 0 Å². The third-order valence-electron chi connectivity index (χ3n) is 3.78. The van der Waals surface area contributed by atoms with Gasteiger partial charge in [0.05, 0.1) is 0 Å². The molecular weight excluding hydrogens is 210 g/mol. The van der Waals surface area contributed by atoms with Crippen LogP contribution in [-0.4, -0.2) is 35.6 Å². The molecule has 1 aromatic heterocycles. The van der Waals surface area contributed by atoms with E-state index < -0.39 is 0 Å². The molecular formula is C14H23N3. The number of pyridine rings is 1. The summed E-state index contributed by atoms with van der Waals surface area (Å²) < 4.78 is 0. The first-order chi connectivity index (χ1) is 8.19. The molecule has 0 spiro atoms. The van der Waals surface area contributed by atoms with E-state index in [1.165, 1.54) is 24.9 Å². The lowest BCUT2D eigenvalue weighted by Crippen LogP contribution is -2.46. The van der Waals surface area contributed by atoms with Crippen LogP contribution < -0.4 is 5.32 Å². The number of aromatic nitrogens is 1. The molecule has 2 rings (SSSR count). The van der Waals surface area contributed by atoms with Gasteiger partial charge in [0.2, 0.25) is 0 Å². The van der Waals surface area contributed by atoms with Gasteiger partial charge >= 0.3 is 0 Å². The Balaban J connectivity index is 1.93. The van der Waals surface area contributed by atoms with E-state index in [4.69, 9.17) is 0 Å². The van der Waals surface area contributed by atoms with E-state index in [-0.39, 0.29) is 0 Å². The van der Waals surface area contributed by atoms with Crippen LogP contribution in [0.25, 0.3) is 0 Å². The van der Waals surface area contributed by atoms with E-state index in [0.29, 0.717) is 12.1 Å². The molecule has 0 bridgehead atoms. The fourth-order valence-electron chi connectivity index (χ4n) is 2.54. The highest BCUT2D eigenvalue weighted by atomic mass is 15.2. The third kappa shape index (κ3) is 3.27. The molecule has 2 unspecified atom stereocenters. The molecule has 3 heteroatoms. The van der Waals surface area contributed by atoms with Gasteiger partial charge in [-0.05, 0) is 45.4 Å². The number of aryl methyl sites for hydroxylation is 1. The predicted molar refractivity (Wildman–Crippen MR) is 70.9 cm³/mol. The fourth-order valence-corrected chi connectivity index (χ4v) is 2.54. The topological polar surface area (TPSA) is 28.2 Å². The Bertz CT molecular complexity index is 347. The van der Waals surface area contributed by atoms with Crippen molar-refractivity contribution >= 4 is 0 Å². The van der Waals surface area contributed by atoms with Crippen LogP contribution in [0.1, 0.15) is 31.0 Å². The molecule has 2 heterocycles. The number of likely N-dealkylation sites (tertiary alicyclic amines) is 1. The van der Waals surface area contributed by atoms with Crippen molar-refractivity contribution in [1.82, 2.24) is 15.2 Å². The second-order valence-electron chi connectivity index (χ2n) is 5.14. The van der Waals surface area contributed by atoms with Gasteiger partial charge in [-0.2, -0.15) is 0 Å². The van der Waals surface area contributed by atoms with E-state index in [0.717, 1.165) is 12.2 Å². The second kappa shape index (κ2) is 5.61. The quantitative estimate of drug-likeness (QED) is 0.865. The van der Waals surface area contributed by atoms with E-state index in [1.54, 1.807) is 0 Å². The van der Waals surface area contributed by atoms with Crippen LogP contribution in [-0.2, 0) is 6.54 Å². The lowest BCUT2D eigenvalue weighted by molar-refractivity contribution is 0.131. The molecule has 0 aliphatic carbocycles. The Hall–Kier alpha value is -0.930. The minimum Gasteiger partial charge on any atom is -0.317 e. The highest BCUT2D eigenvalue weighted by molar-refractivity contribution is 5.13. The van der Waals surface area contributed by atoms with Crippen molar-refractivity contribution in [2.75, 3.05) is 13.6 Å². The smallest absolute Gasteiger partial charge is 0.0372 e. The number of piperidine rings is 1. The largest absolute Gasteiger partial charge is 0.317 e. The lowest BCUT2D eigenvalue weighted by Gasteiger charge is -2.37. The first kappa shape index (κ1) is 12.5. The zero-order valence-corrected chi connectivity index (χ0v) is 11.1. The minimum atomic E-state index is 0.655. The Labute approximate surface area is 104 Å². The van der Waals surface area contributed by atoms with Gasteiger partial charge in [-0.3, -0.25) is 9.88 Å². The molecule has 3 nitrogen and oxygen atoms in total. The maximum Gasteiger partial charge on any atom is 0.0372 e. The summed E-state index contributed by atoms with van der Waals surface area (Å²) in [6.45, 7) is 6.57. The maximum absolute atomic E-state index is 4.36. The van der Waals surface area contributed by atoms with Crippen LogP contribution in [0.3, 0.4) is 0 Å². The van der Waals surface area contributed by atoms with Gasteiger partial charge in [0.15, 0.2) is 0 Å². The van der Waals surface area contributed by atoms with Gasteiger partial charge in [-0.1, -0.05) is 6.07 Å². The van der Waals surface area contributed by atoms with Gasteiger partial charge < -0.3 is 5.32 Å². The molecule has 0 aromatic carbocycles. The summed E-state index contributed by atoms with van der Waals surface area (Å²) in [7, 11) is 2.07. The fraction of sp³-hybridized carbons (Fsp3) is 0.643. The number of rotatable bonds is 3. The number of hydrogen-bond acceptors (Lipinski definition) is 3. The van der Waals surface area contributed by atoms with Crippen molar-refractivity contribution in [1.29, 1.82) is 0 Å². The summed E-state index contributed by atoms with van der Waals surface area (Å²) >= 11 is 0. The monoisotopic (exact) mass is 233 g/mol. The summed E-state index contributed by atoms with van der Waals surface area (Å²) in [5, 5.41) is 3.39. The average molecular weight is 233 g/mol. The van der Waals surface area contributed by atoms with Crippen molar-refractivity contribution in [3.63, 3.8) is 0 Å². The Morgan fingerprint density at radius 3 is 2.88 bits per heavy atom. The predicted octanol–water partition coefficient (Wildman–Crippen LogP) is 1.96. The van der Waals surface area contributed by atoms with Crippen molar-refractivity contribution in [3.8, 4) is 0 Å². The van der Waals surface area contributed by atoms with Crippen molar-refractivity contribution in [2.24, 2.45) is 0 Å². The molecule has 1 aliphatic rings. The van der Waals surface area contributed by atoms with E-state index in [1.807, 2.05) is 13.1 Å². The zero-order valence-electron chi connectivity index (χ0n) is 11.1. The normalized spacial score (nSPS) is 26.1. The van der Waals surface area contributed by atoms with Crippen LogP contribution in [0.4, 0.5) is 0 Å². The molecule has 17 heavy (non-hydrogen) atoms. The molecule has 1 saturated heterocycles. The van der Waals surface area contributed by atoms with Crippen LogP contribution in [0.15, 0.2) is 18.3 Å². The van der Waals surface area contributed by atoms with Gasteiger partial charge in [-0.25, -0.2) is 0 Å². The molecule has 0 radical (unpaired) electrons. The molecule has 94 valence electrons. The lowest BCUT2D eigenvalue weighted by atomic mass is 9.98. The highest BCUT2D eigenvalue weighted by Gasteiger charge is 2.24. The Kier molecular flexibility index (Phi) is 4.13. The molecule has 1 fully saturated rings. The zero-order chi connectivity index (χ0) is 12.3. The number of nitrogens with zero attached hydrogens (tertiary/aromatic N) is 2. The first-order valence-corrected chi connectivity index (χ1v) is 6.52. The Morgan fingerprint density at radius 2 is 2.29 bits per heavy atom. The maximum atomic E-state index is 4.36. The van der Waals surface area contributed by atoms with E-state index >= 15 is 0 Å². The van der Waals surface area contributed by atoms with E-state index in [2.05, 4.69) is 41.3 Å². The SMILES string of the molecule is CNC1CCN(Cc2ccc(C)nc2)C(C)C1. The standard InChI is InChI=1S/C14H23N3/c1-11-4-5-13(9-16-11)10-17-7-6-14(15-3)8-12(17)2/h4-5,9,12,14-15H,6-8,10H2,1-3H3. The molecule has 1 aromatic rings. The van der Waals surface area contributed by atoms with Crippen molar-refractivity contribution in [3.05, 3.63) is 29.6 Å². The third-order valence-corrected chi connectivity index (χ3v) is 3.78. The summed E-state index contributed by atoms with van der Waals surface area (Å²) in [4.78, 5) is 6.92. The van der Waals surface area contributed by atoms with Crippen molar-refractivity contribution in [2.45, 2.75) is 45.3 Å². The van der Waals surface area contributed by atoms with Crippen LogP contribution in [0, 0.1) is 6.92 Å². The summed E-state index contributed by atoms with van der Waals surface area (Å²) in [6.07, 6.45) is 4.50. The Morgan fingerprint density at radius 1 is 1.47 bits per heavy atom. The first-order valence-electron chi connectivity index (χ1n) is 6.52. The second-order valence-corrected chi connectivity index (χ2v) is 5.14. The molecule has 0 amide bonds. The minimum absolute atomic E-state index is 0.655. The van der Waals surface area contributed by atoms with Gasteiger partial charge in [0, 0.05) is 37.1 Å². The molecule has 1 N–H and O–H groups in total. The summed E-state index contributed by atoms with van der Waals surface area (Å²) in [5.74, 6) is 0. The number of nitrogens with one attached hydrogen (secondary N) is 1. The summed E-state index contributed by atoms with van der Waals surface area (Å²) in [6, 6.07) is 5.64. The van der Waals surface area contributed by atoms with Crippen molar-refractivity contribution < 1.29 is 0 Å². The molecule has 2 atom stereocenters. The van der Waals surface area contributed by atoms with Crippen LogP contribution in [0.2, 0.25) is 0 Å². The number of hydrogen-bond donors (Lipinski definition) is 1. The average Bonchev–Trinajstić information content (AvgIpc) is 2.34. The van der Waals surface area contributed by atoms with Gasteiger partial charge in [-0.15, -0.1) is 0 Å². The van der Waals surface area contributed by atoms with E-state index in [9.17, 15) is 0 Å². The molecule has 0 saturated carbocycles. The molecule has 1 aliphatic heterocycles.